The maximum absolute atomic E-state index is 7.05. The minimum Gasteiger partial charge on any atom is -0.381 e. The van der Waals surface area contributed by atoms with Crippen molar-refractivity contribution in [1.82, 2.24) is 5.32 Å². The third-order valence-electron chi connectivity index (χ3n) is 15.1. The first-order chi connectivity index (χ1) is 25.8. The van der Waals surface area contributed by atoms with Crippen LogP contribution < -0.4 is 22.5 Å². The largest absolute Gasteiger partial charge is 0.381 e. The van der Waals surface area contributed by atoms with Crippen molar-refractivity contribution in [3.05, 3.63) is 0 Å². The van der Waals surface area contributed by atoms with Gasteiger partial charge in [0.25, 0.3) is 0 Å². The van der Waals surface area contributed by atoms with Crippen LogP contribution in [0.1, 0.15) is 176 Å². The lowest BCUT2D eigenvalue weighted by Crippen LogP contribution is -2.62. The molecule has 0 radical (unpaired) electrons. The molecule has 4 unspecified atom stereocenters. The summed E-state index contributed by atoms with van der Waals surface area (Å²) in [6.45, 7) is 20.1. The molecule has 53 heavy (non-hydrogen) atoms. The van der Waals surface area contributed by atoms with Crippen LogP contribution in [-0.2, 0) is 14.2 Å². The van der Waals surface area contributed by atoms with Gasteiger partial charge in [0.2, 0.25) is 0 Å². The molecule has 3 aliphatic carbocycles. The molecular weight excluding hydrogens is 657 g/mol. The highest BCUT2D eigenvalue weighted by atomic mass is 16.5. The van der Waals surface area contributed by atoms with Gasteiger partial charge in [-0.25, -0.2) is 0 Å². The van der Waals surface area contributed by atoms with Crippen molar-refractivity contribution in [1.29, 1.82) is 0 Å². The maximum atomic E-state index is 7.05. The van der Waals surface area contributed by atoms with E-state index < -0.39 is 0 Å². The van der Waals surface area contributed by atoms with Gasteiger partial charge < -0.3 is 36.7 Å². The number of fused-ring (bicyclic) bond motifs is 3. The zero-order valence-electron chi connectivity index (χ0n) is 36.0. The molecule has 0 spiro atoms. The second-order valence-electron chi connectivity index (χ2n) is 18.4. The van der Waals surface area contributed by atoms with Gasteiger partial charge in [0.05, 0.1) is 12.2 Å². The fraction of sp³-hybridized carbons (Fsp3) is 1.00. The Labute approximate surface area is 329 Å². The SMILES string of the molecule is CCCCCCCCCCCCCNCCCC(C)C1CC[C@H]2C3[C@H](OCCCN)CC(CCOCCCN)[C@](C)(CC)[C@H]3C[C@H](OCCCN)[C@]12C. The molecule has 0 aromatic rings. The highest BCUT2D eigenvalue weighted by Gasteiger charge is 2.65. The lowest BCUT2D eigenvalue weighted by Gasteiger charge is -2.63. The van der Waals surface area contributed by atoms with Crippen LogP contribution in [0.25, 0.3) is 0 Å². The summed E-state index contributed by atoms with van der Waals surface area (Å²) >= 11 is 0. The highest BCUT2D eigenvalue weighted by Crippen LogP contribution is 2.68. The summed E-state index contributed by atoms with van der Waals surface area (Å²) < 4.78 is 20.1. The van der Waals surface area contributed by atoms with Crippen molar-refractivity contribution in [3.63, 3.8) is 0 Å². The third-order valence-corrected chi connectivity index (χ3v) is 15.1. The average molecular weight is 749 g/mol. The minimum atomic E-state index is 0.167. The summed E-state index contributed by atoms with van der Waals surface area (Å²) in [4.78, 5) is 0. The Bertz CT molecular complexity index is 910. The first-order valence-electron chi connectivity index (χ1n) is 23.4. The molecule has 0 heterocycles. The van der Waals surface area contributed by atoms with Gasteiger partial charge in [-0.05, 0) is 144 Å². The van der Waals surface area contributed by atoms with Crippen LogP contribution >= 0.6 is 0 Å². The molecule has 7 heteroatoms. The lowest BCUT2D eigenvalue weighted by molar-refractivity contribution is -0.218. The third kappa shape index (κ3) is 14.0. The summed E-state index contributed by atoms with van der Waals surface area (Å²) in [7, 11) is 0. The summed E-state index contributed by atoms with van der Waals surface area (Å²) in [6, 6.07) is 0. The van der Waals surface area contributed by atoms with Crippen LogP contribution in [0.5, 0.6) is 0 Å². The average Bonchev–Trinajstić information content (AvgIpc) is 3.52. The van der Waals surface area contributed by atoms with E-state index in [-0.39, 0.29) is 16.9 Å². The van der Waals surface area contributed by atoms with E-state index in [0.717, 1.165) is 71.5 Å². The lowest BCUT2D eigenvalue weighted by atomic mass is 9.44. The number of rotatable bonds is 32. The fourth-order valence-corrected chi connectivity index (χ4v) is 11.8. The van der Waals surface area contributed by atoms with Gasteiger partial charge in [-0.2, -0.15) is 0 Å². The molecule has 7 N–H and O–H groups in total. The number of hydrogen-bond donors (Lipinski definition) is 4. The first-order valence-corrected chi connectivity index (χ1v) is 23.4. The second-order valence-corrected chi connectivity index (χ2v) is 18.4. The van der Waals surface area contributed by atoms with Gasteiger partial charge in [-0.1, -0.05) is 105 Å². The van der Waals surface area contributed by atoms with Gasteiger partial charge in [0, 0.05) is 31.8 Å². The van der Waals surface area contributed by atoms with Crippen LogP contribution in [0.2, 0.25) is 0 Å². The monoisotopic (exact) mass is 749 g/mol. The summed E-state index contributed by atoms with van der Waals surface area (Å²) in [5.74, 6) is 3.77. The molecule has 10 atom stereocenters. The molecule has 7 nitrogen and oxygen atoms in total. The van der Waals surface area contributed by atoms with Gasteiger partial charge in [-0.15, -0.1) is 0 Å². The number of nitrogens with one attached hydrogen (secondary N) is 1. The molecule has 0 aromatic heterocycles. The number of unbranched alkanes of at least 4 members (excludes halogenated alkanes) is 10. The van der Waals surface area contributed by atoms with Crippen molar-refractivity contribution in [2.45, 2.75) is 188 Å². The van der Waals surface area contributed by atoms with Gasteiger partial charge in [-0.3, -0.25) is 0 Å². The van der Waals surface area contributed by atoms with E-state index in [2.05, 4.69) is 39.9 Å². The number of ether oxygens (including phenoxy) is 3. The van der Waals surface area contributed by atoms with Crippen molar-refractivity contribution in [2.24, 2.45) is 63.5 Å². The van der Waals surface area contributed by atoms with E-state index in [1.807, 2.05) is 0 Å². The van der Waals surface area contributed by atoms with Crippen LogP contribution in [0.15, 0.2) is 0 Å². The quantitative estimate of drug-likeness (QED) is 0.0506. The molecule has 0 amide bonds. The number of nitrogens with two attached hydrogens (primary N) is 3. The molecule has 0 bridgehead atoms. The van der Waals surface area contributed by atoms with Crippen LogP contribution in [0.3, 0.4) is 0 Å². The zero-order chi connectivity index (χ0) is 38.4. The van der Waals surface area contributed by atoms with E-state index >= 15 is 0 Å². The molecule has 3 saturated carbocycles. The molecule has 3 aliphatic rings. The fourth-order valence-electron chi connectivity index (χ4n) is 11.8. The minimum absolute atomic E-state index is 0.167. The Balaban J connectivity index is 1.60. The molecule has 0 aliphatic heterocycles. The predicted molar refractivity (Wildman–Crippen MR) is 226 cm³/mol. The number of hydrogen-bond acceptors (Lipinski definition) is 7. The molecule has 3 rings (SSSR count). The van der Waals surface area contributed by atoms with Gasteiger partial charge in [0.15, 0.2) is 0 Å². The Morgan fingerprint density at radius 1 is 0.660 bits per heavy atom. The molecule has 314 valence electrons. The Morgan fingerprint density at radius 3 is 1.91 bits per heavy atom. The molecule has 0 saturated heterocycles. The van der Waals surface area contributed by atoms with E-state index in [1.54, 1.807) is 0 Å². The smallest absolute Gasteiger partial charge is 0.0637 e. The van der Waals surface area contributed by atoms with E-state index in [4.69, 9.17) is 31.4 Å². The Hall–Kier alpha value is -0.280. The molecule has 3 fully saturated rings. The predicted octanol–water partition coefficient (Wildman–Crippen LogP) is 9.63. The van der Waals surface area contributed by atoms with E-state index in [9.17, 15) is 0 Å². The van der Waals surface area contributed by atoms with Crippen LogP contribution in [0, 0.1) is 46.3 Å². The van der Waals surface area contributed by atoms with Crippen molar-refractivity contribution in [2.75, 3.05) is 59.2 Å². The van der Waals surface area contributed by atoms with Crippen LogP contribution in [-0.4, -0.2) is 71.4 Å². The topological polar surface area (TPSA) is 118 Å². The van der Waals surface area contributed by atoms with Gasteiger partial charge >= 0.3 is 0 Å². The second kappa shape index (κ2) is 26.6. The van der Waals surface area contributed by atoms with Crippen molar-refractivity contribution in [3.8, 4) is 0 Å². The maximum Gasteiger partial charge on any atom is 0.0637 e. The summed E-state index contributed by atoms with van der Waals surface area (Å²) in [5.41, 5.74) is 18.2. The summed E-state index contributed by atoms with van der Waals surface area (Å²) in [6.07, 6.45) is 28.7. The Kier molecular flexibility index (Phi) is 23.6. The highest BCUT2D eigenvalue weighted by molar-refractivity contribution is 5.14. The summed E-state index contributed by atoms with van der Waals surface area (Å²) in [5, 5.41) is 3.81. The normalized spacial score (nSPS) is 31.8. The van der Waals surface area contributed by atoms with Crippen molar-refractivity contribution >= 4 is 0 Å². The molecular formula is C46H92N4O3. The van der Waals surface area contributed by atoms with E-state index in [1.165, 1.54) is 109 Å². The van der Waals surface area contributed by atoms with E-state index in [0.29, 0.717) is 61.2 Å². The van der Waals surface area contributed by atoms with Crippen LogP contribution in [0.4, 0.5) is 0 Å². The van der Waals surface area contributed by atoms with Crippen molar-refractivity contribution < 1.29 is 14.2 Å². The molecule has 0 aromatic carbocycles. The zero-order valence-corrected chi connectivity index (χ0v) is 36.0. The Morgan fingerprint density at radius 2 is 1.26 bits per heavy atom. The van der Waals surface area contributed by atoms with Gasteiger partial charge in [0.1, 0.15) is 0 Å². The standard InChI is InChI=1S/C46H92N4O3/c1-6-8-9-10-11-12-13-14-15-16-17-29-50-30-18-22-37(3)39-23-24-40-44-41(36-43(46(39,40)5)53-33-21-28-49)45(4,7-2)38(25-34-51-31-19-26-47)35-42(44)52-32-20-27-48/h37-44,50H,6-36,47-49H2,1-5H3/t37?,38?,39?,40-,41-,42+,43-,44?,45-,46+/m0/s1. The first kappa shape index (κ1) is 47.1.